The smallest absolute Gasteiger partial charge is 0.191 e. The van der Waals surface area contributed by atoms with Gasteiger partial charge in [-0.1, -0.05) is 6.42 Å². The molecule has 0 unspecified atom stereocenters. The molecular weight excluding hydrogens is 415 g/mol. The largest absolute Gasteiger partial charge is 0.357 e. The quantitative estimate of drug-likeness (QED) is 0.382. The number of hydrogen-bond donors (Lipinski definition) is 2. The number of rotatable bonds is 7. The van der Waals surface area contributed by atoms with Gasteiger partial charge in [-0.2, -0.15) is 5.10 Å². The van der Waals surface area contributed by atoms with Gasteiger partial charge in [0.2, 0.25) is 0 Å². The van der Waals surface area contributed by atoms with E-state index in [9.17, 15) is 0 Å². The van der Waals surface area contributed by atoms with E-state index in [4.69, 9.17) is 4.99 Å². The first-order chi connectivity index (χ1) is 11.1. The second-order valence-corrected chi connectivity index (χ2v) is 6.75. The maximum absolute atomic E-state index is 4.80. The number of nitrogens with zero attached hydrogens (tertiary/aromatic N) is 4. The number of aromatic nitrogens is 2. The van der Waals surface area contributed by atoms with E-state index in [-0.39, 0.29) is 29.5 Å². The van der Waals surface area contributed by atoms with Crippen LogP contribution >= 0.6 is 24.0 Å². The molecule has 7 heteroatoms. The Kier molecular flexibility index (Phi) is 9.65. The first-order valence-corrected chi connectivity index (χ1v) is 8.86. The third-order valence-corrected chi connectivity index (χ3v) is 4.37. The maximum Gasteiger partial charge on any atom is 0.191 e. The van der Waals surface area contributed by atoms with Gasteiger partial charge in [0, 0.05) is 31.0 Å². The van der Waals surface area contributed by atoms with Crippen LogP contribution in [0.25, 0.3) is 0 Å². The molecule has 138 valence electrons. The molecule has 1 aliphatic rings. The van der Waals surface area contributed by atoms with Crippen LogP contribution in [0.3, 0.4) is 0 Å². The van der Waals surface area contributed by atoms with Crippen molar-refractivity contribution in [3.05, 3.63) is 18.5 Å². The normalized spacial score (nSPS) is 16.5. The molecule has 1 aliphatic heterocycles. The standard InChI is InChI=1S/C17H32N6.HI/c1-4-18-16(19-10-14-23-13-8-9-21-23)20-15-17(2,3)22-11-6-5-7-12-22;/h8-9,13H,4-7,10-12,14-15H2,1-3H3,(H2,18,19,20);1H. The minimum atomic E-state index is 0. The number of piperidine rings is 1. The van der Waals surface area contributed by atoms with Crippen LogP contribution in [-0.2, 0) is 6.54 Å². The van der Waals surface area contributed by atoms with Crippen molar-refractivity contribution in [1.29, 1.82) is 0 Å². The summed E-state index contributed by atoms with van der Waals surface area (Å²) in [4.78, 5) is 7.38. The number of guanidine groups is 1. The summed E-state index contributed by atoms with van der Waals surface area (Å²) in [6.07, 6.45) is 7.78. The van der Waals surface area contributed by atoms with Gasteiger partial charge >= 0.3 is 0 Å². The minimum Gasteiger partial charge on any atom is -0.357 e. The molecule has 0 aromatic carbocycles. The molecule has 0 atom stereocenters. The van der Waals surface area contributed by atoms with E-state index in [0.717, 1.165) is 32.1 Å². The van der Waals surface area contributed by atoms with Crippen LogP contribution in [-0.4, -0.2) is 58.9 Å². The Balaban J connectivity index is 0.00000288. The summed E-state index contributed by atoms with van der Waals surface area (Å²) in [7, 11) is 0. The van der Waals surface area contributed by atoms with Gasteiger partial charge in [0.15, 0.2) is 5.96 Å². The highest BCUT2D eigenvalue weighted by Crippen LogP contribution is 2.20. The number of hydrogen-bond acceptors (Lipinski definition) is 3. The molecule has 2 N–H and O–H groups in total. The van der Waals surface area contributed by atoms with Gasteiger partial charge in [-0.15, -0.1) is 24.0 Å². The Morgan fingerprint density at radius 1 is 1.21 bits per heavy atom. The number of nitrogens with one attached hydrogen (secondary N) is 2. The van der Waals surface area contributed by atoms with Crippen LogP contribution in [0.5, 0.6) is 0 Å². The summed E-state index contributed by atoms with van der Waals surface area (Å²) >= 11 is 0. The zero-order valence-corrected chi connectivity index (χ0v) is 17.6. The van der Waals surface area contributed by atoms with Crippen molar-refractivity contribution in [3.8, 4) is 0 Å². The summed E-state index contributed by atoms with van der Waals surface area (Å²) in [6.45, 7) is 12.4. The summed E-state index contributed by atoms with van der Waals surface area (Å²) < 4.78 is 1.92. The molecule has 0 amide bonds. The van der Waals surface area contributed by atoms with Crippen molar-refractivity contribution in [1.82, 2.24) is 25.3 Å². The lowest BCUT2D eigenvalue weighted by Crippen LogP contribution is -2.49. The van der Waals surface area contributed by atoms with E-state index in [1.54, 1.807) is 6.20 Å². The van der Waals surface area contributed by atoms with Gasteiger partial charge in [-0.25, -0.2) is 0 Å². The average molecular weight is 448 g/mol. The van der Waals surface area contributed by atoms with Crippen LogP contribution in [0.15, 0.2) is 23.5 Å². The molecule has 6 nitrogen and oxygen atoms in total. The summed E-state index contributed by atoms with van der Waals surface area (Å²) in [5.74, 6) is 0.893. The second kappa shape index (κ2) is 10.9. The van der Waals surface area contributed by atoms with Gasteiger partial charge in [-0.3, -0.25) is 14.6 Å². The van der Waals surface area contributed by atoms with Gasteiger partial charge in [0.25, 0.3) is 0 Å². The van der Waals surface area contributed by atoms with Gasteiger partial charge in [-0.05, 0) is 52.8 Å². The first kappa shape index (κ1) is 21.2. The predicted molar refractivity (Wildman–Crippen MR) is 111 cm³/mol. The van der Waals surface area contributed by atoms with E-state index in [1.807, 2.05) is 16.9 Å². The van der Waals surface area contributed by atoms with Crippen LogP contribution in [0.1, 0.15) is 40.0 Å². The molecule has 1 saturated heterocycles. The Labute approximate surface area is 163 Å². The Morgan fingerprint density at radius 3 is 2.58 bits per heavy atom. The fourth-order valence-corrected chi connectivity index (χ4v) is 2.94. The molecule has 1 aromatic rings. The molecule has 0 bridgehead atoms. The van der Waals surface area contributed by atoms with Gasteiger partial charge in [0.05, 0.1) is 13.1 Å². The van der Waals surface area contributed by atoms with Crippen molar-refractivity contribution in [2.75, 3.05) is 32.7 Å². The van der Waals surface area contributed by atoms with Crippen molar-refractivity contribution < 1.29 is 0 Å². The van der Waals surface area contributed by atoms with E-state index >= 15 is 0 Å². The first-order valence-electron chi connectivity index (χ1n) is 8.86. The third kappa shape index (κ3) is 6.96. The molecule has 1 aromatic heterocycles. The van der Waals surface area contributed by atoms with Gasteiger partial charge < -0.3 is 10.6 Å². The lowest BCUT2D eigenvalue weighted by molar-refractivity contribution is 0.102. The van der Waals surface area contributed by atoms with Gasteiger partial charge in [0.1, 0.15) is 0 Å². The molecule has 2 heterocycles. The van der Waals surface area contributed by atoms with Crippen molar-refractivity contribution in [2.24, 2.45) is 4.99 Å². The molecular formula is C17H33IN6. The lowest BCUT2D eigenvalue weighted by Gasteiger charge is -2.40. The summed E-state index contributed by atoms with van der Waals surface area (Å²) in [5.41, 5.74) is 0.116. The predicted octanol–water partition coefficient (Wildman–Crippen LogP) is 2.32. The third-order valence-electron chi connectivity index (χ3n) is 4.37. The van der Waals surface area contributed by atoms with E-state index < -0.39 is 0 Å². The Morgan fingerprint density at radius 2 is 1.96 bits per heavy atom. The number of likely N-dealkylation sites (tertiary alicyclic amines) is 1. The fraction of sp³-hybridized carbons (Fsp3) is 0.765. The second-order valence-electron chi connectivity index (χ2n) is 6.75. The highest BCUT2D eigenvalue weighted by molar-refractivity contribution is 14.0. The van der Waals surface area contributed by atoms with Crippen LogP contribution < -0.4 is 10.6 Å². The fourth-order valence-electron chi connectivity index (χ4n) is 2.94. The molecule has 0 aliphatic carbocycles. The van der Waals surface area contributed by atoms with Crippen LogP contribution in [0.2, 0.25) is 0 Å². The molecule has 24 heavy (non-hydrogen) atoms. The number of halogens is 1. The van der Waals surface area contributed by atoms with Crippen molar-refractivity contribution in [2.45, 2.75) is 52.1 Å². The zero-order valence-electron chi connectivity index (χ0n) is 15.3. The average Bonchev–Trinajstić information content (AvgIpc) is 3.07. The van der Waals surface area contributed by atoms with E-state index in [1.165, 1.54) is 32.4 Å². The molecule has 0 saturated carbocycles. The van der Waals surface area contributed by atoms with Crippen LogP contribution in [0, 0.1) is 0 Å². The maximum atomic E-state index is 4.80. The highest BCUT2D eigenvalue weighted by Gasteiger charge is 2.27. The van der Waals surface area contributed by atoms with Crippen LogP contribution in [0.4, 0.5) is 0 Å². The molecule has 0 spiro atoms. The zero-order chi connectivity index (χ0) is 16.5. The highest BCUT2D eigenvalue weighted by atomic mass is 127. The van der Waals surface area contributed by atoms with Crippen molar-refractivity contribution >= 4 is 29.9 Å². The Bertz CT molecular complexity index is 465. The van der Waals surface area contributed by atoms with E-state index in [2.05, 4.69) is 41.4 Å². The number of aliphatic imine (C=N–C) groups is 1. The molecule has 0 radical (unpaired) electrons. The topological polar surface area (TPSA) is 57.5 Å². The molecule has 1 fully saturated rings. The Hall–Kier alpha value is -0.830. The SMILES string of the molecule is CCNC(=NCC(C)(C)N1CCCCC1)NCCn1cccn1.I. The monoisotopic (exact) mass is 448 g/mol. The van der Waals surface area contributed by atoms with E-state index in [0.29, 0.717) is 0 Å². The molecule has 2 rings (SSSR count). The minimum absolute atomic E-state index is 0. The summed E-state index contributed by atoms with van der Waals surface area (Å²) in [6, 6.07) is 1.94. The lowest BCUT2D eigenvalue weighted by atomic mass is 9.99. The summed E-state index contributed by atoms with van der Waals surface area (Å²) in [5, 5.41) is 10.9. The van der Waals surface area contributed by atoms with Crippen molar-refractivity contribution in [3.63, 3.8) is 0 Å².